The van der Waals surface area contributed by atoms with Gasteiger partial charge in [0.1, 0.15) is 5.75 Å². The van der Waals surface area contributed by atoms with Gasteiger partial charge < -0.3 is 20.3 Å². The van der Waals surface area contributed by atoms with Gasteiger partial charge in [0.15, 0.2) is 5.96 Å². The molecule has 160 valence electrons. The molecule has 0 aromatic heterocycles. The van der Waals surface area contributed by atoms with Crippen molar-refractivity contribution in [3.05, 3.63) is 29.3 Å². The van der Waals surface area contributed by atoms with E-state index in [2.05, 4.69) is 61.4 Å². The maximum atomic E-state index is 5.42. The molecule has 1 aliphatic heterocycles. The number of benzene rings is 1. The summed E-state index contributed by atoms with van der Waals surface area (Å²) in [6.07, 6.45) is 3.29. The van der Waals surface area contributed by atoms with Crippen molar-refractivity contribution < 1.29 is 4.74 Å². The number of hydrogen-bond donors (Lipinski definition) is 2. The lowest BCUT2D eigenvalue weighted by molar-refractivity contribution is 0.187. The molecule has 28 heavy (non-hydrogen) atoms. The fraction of sp³-hybridized carbons (Fsp3) is 0.682. The highest BCUT2D eigenvalue weighted by Crippen LogP contribution is 2.19. The lowest BCUT2D eigenvalue weighted by atomic mass is 10.0. The van der Waals surface area contributed by atoms with Gasteiger partial charge in [0, 0.05) is 38.8 Å². The van der Waals surface area contributed by atoms with E-state index in [1.807, 2.05) is 0 Å². The van der Waals surface area contributed by atoms with E-state index >= 15 is 0 Å². The molecule has 1 aromatic rings. The van der Waals surface area contributed by atoms with Crippen LogP contribution in [0, 0.1) is 12.8 Å². The summed E-state index contributed by atoms with van der Waals surface area (Å²) in [6.45, 7) is 14.0. The summed E-state index contributed by atoms with van der Waals surface area (Å²) in [5.74, 6) is 2.64. The van der Waals surface area contributed by atoms with Crippen LogP contribution in [0.25, 0.3) is 0 Å². The Hall–Kier alpha value is -1.02. The third-order valence-electron chi connectivity index (χ3n) is 5.04. The van der Waals surface area contributed by atoms with E-state index in [9.17, 15) is 0 Å². The normalized spacial score (nSPS) is 16.0. The molecule has 0 amide bonds. The number of aryl methyl sites for hydroxylation is 1. The van der Waals surface area contributed by atoms with Gasteiger partial charge in [-0.05, 0) is 56.2 Å². The highest BCUT2D eigenvalue weighted by atomic mass is 127. The number of likely N-dealkylation sites (tertiary alicyclic amines) is 1. The Kier molecular flexibility index (Phi) is 11.8. The van der Waals surface area contributed by atoms with Gasteiger partial charge in [0.05, 0.1) is 7.11 Å². The second-order valence-corrected chi connectivity index (χ2v) is 7.93. The average Bonchev–Trinajstić information content (AvgIpc) is 2.64. The monoisotopic (exact) mass is 502 g/mol. The van der Waals surface area contributed by atoms with Gasteiger partial charge in [-0.15, -0.1) is 24.0 Å². The summed E-state index contributed by atoms with van der Waals surface area (Å²) in [6, 6.07) is 6.92. The van der Waals surface area contributed by atoms with Crippen LogP contribution in [0.1, 0.15) is 44.7 Å². The SMILES string of the molecule is CCNC(=NCCc1ccc(C)c(OC)c1)NC1CCN(CC(C)C)CC1.I. The highest BCUT2D eigenvalue weighted by molar-refractivity contribution is 14.0. The largest absolute Gasteiger partial charge is 0.496 e. The molecule has 1 heterocycles. The third-order valence-corrected chi connectivity index (χ3v) is 5.04. The first-order valence-electron chi connectivity index (χ1n) is 10.4. The fourth-order valence-electron chi connectivity index (χ4n) is 3.61. The van der Waals surface area contributed by atoms with Gasteiger partial charge in [-0.3, -0.25) is 4.99 Å². The zero-order valence-electron chi connectivity index (χ0n) is 18.3. The molecule has 0 saturated carbocycles. The van der Waals surface area contributed by atoms with Crippen molar-refractivity contribution in [1.82, 2.24) is 15.5 Å². The van der Waals surface area contributed by atoms with E-state index in [1.54, 1.807) is 7.11 Å². The van der Waals surface area contributed by atoms with Crippen LogP contribution in [0.15, 0.2) is 23.2 Å². The van der Waals surface area contributed by atoms with E-state index in [0.717, 1.165) is 37.1 Å². The zero-order chi connectivity index (χ0) is 19.6. The molecule has 0 unspecified atom stereocenters. The van der Waals surface area contributed by atoms with Crippen LogP contribution < -0.4 is 15.4 Å². The molecule has 0 radical (unpaired) electrons. The minimum absolute atomic E-state index is 0. The number of rotatable bonds is 8. The highest BCUT2D eigenvalue weighted by Gasteiger charge is 2.20. The number of piperidine rings is 1. The van der Waals surface area contributed by atoms with Crippen molar-refractivity contribution in [2.24, 2.45) is 10.9 Å². The quantitative estimate of drug-likeness (QED) is 0.322. The van der Waals surface area contributed by atoms with Gasteiger partial charge >= 0.3 is 0 Å². The first-order valence-corrected chi connectivity index (χ1v) is 10.4. The van der Waals surface area contributed by atoms with Crippen molar-refractivity contribution >= 4 is 29.9 Å². The summed E-state index contributed by atoms with van der Waals surface area (Å²) in [5.41, 5.74) is 2.43. The smallest absolute Gasteiger partial charge is 0.191 e. The van der Waals surface area contributed by atoms with Crippen LogP contribution in [0.2, 0.25) is 0 Å². The fourth-order valence-corrected chi connectivity index (χ4v) is 3.61. The van der Waals surface area contributed by atoms with E-state index in [1.165, 1.54) is 43.6 Å². The lowest BCUT2D eigenvalue weighted by Crippen LogP contribution is -2.49. The van der Waals surface area contributed by atoms with Crippen LogP contribution in [-0.2, 0) is 6.42 Å². The second kappa shape index (κ2) is 13.2. The maximum Gasteiger partial charge on any atom is 0.191 e. The van der Waals surface area contributed by atoms with Crippen LogP contribution >= 0.6 is 24.0 Å². The topological polar surface area (TPSA) is 48.9 Å². The molecule has 0 spiro atoms. The molecule has 2 rings (SSSR count). The number of nitrogens with one attached hydrogen (secondary N) is 2. The Labute approximate surface area is 188 Å². The number of halogens is 1. The Morgan fingerprint density at radius 1 is 1.29 bits per heavy atom. The molecule has 6 heteroatoms. The number of hydrogen-bond acceptors (Lipinski definition) is 3. The first-order chi connectivity index (χ1) is 13.0. The molecule has 0 aliphatic carbocycles. The standard InChI is InChI=1S/C22H38N4O.HI/c1-6-23-22(25-20-10-13-26(14-11-20)16-17(2)3)24-12-9-19-8-7-18(4)21(15-19)27-5;/h7-8,15,17,20H,6,9-14,16H2,1-5H3,(H2,23,24,25);1H. The van der Waals surface area contributed by atoms with Gasteiger partial charge in [0.2, 0.25) is 0 Å². The predicted molar refractivity (Wildman–Crippen MR) is 130 cm³/mol. The predicted octanol–water partition coefficient (Wildman–Crippen LogP) is 3.84. The molecule has 5 nitrogen and oxygen atoms in total. The summed E-state index contributed by atoms with van der Waals surface area (Å²) in [4.78, 5) is 7.37. The van der Waals surface area contributed by atoms with Gasteiger partial charge in [-0.1, -0.05) is 26.0 Å². The number of aliphatic imine (C=N–C) groups is 1. The molecular weight excluding hydrogens is 463 g/mol. The van der Waals surface area contributed by atoms with Crippen molar-refractivity contribution in [2.45, 2.75) is 53.0 Å². The third kappa shape index (κ3) is 8.55. The summed E-state index contributed by atoms with van der Waals surface area (Å²) in [7, 11) is 1.73. The minimum atomic E-state index is 0. The van der Waals surface area contributed by atoms with Crippen molar-refractivity contribution in [2.75, 3.05) is 39.8 Å². The summed E-state index contributed by atoms with van der Waals surface area (Å²) >= 11 is 0. The summed E-state index contributed by atoms with van der Waals surface area (Å²) < 4.78 is 5.42. The van der Waals surface area contributed by atoms with E-state index in [4.69, 9.17) is 9.73 Å². The Bertz CT molecular complexity index is 598. The van der Waals surface area contributed by atoms with Gasteiger partial charge in [0.25, 0.3) is 0 Å². The Balaban J connectivity index is 0.00000392. The van der Waals surface area contributed by atoms with Crippen LogP contribution in [0.3, 0.4) is 0 Å². The second-order valence-electron chi connectivity index (χ2n) is 7.93. The molecule has 1 aliphatic rings. The number of guanidine groups is 1. The molecule has 0 bridgehead atoms. The Morgan fingerprint density at radius 3 is 2.61 bits per heavy atom. The van der Waals surface area contributed by atoms with Crippen LogP contribution in [0.5, 0.6) is 5.75 Å². The van der Waals surface area contributed by atoms with Crippen molar-refractivity contribution in [3.8, 4) is 5.75 Å². The lowest BCUT2D eigenvalue weighted by Gasteiger charge is -2.34. The van der Waals surface area contributed by atoms with Crippen LogP contribution in [0.4, 0.5) is 0 Å². The number of methoxy groups -OCH3 is 1. The average molecular weight is 502 g/mol. The summed E-state index contributed by atoms with van der Waals surface area (Å²) in [5, 5.41) is 7.03. The van der Waals surface area contributed by atoms with Crippen LogP contribution in [-0.4, -0.2) is 56.7 Å². The van der Waals surface area contributed by atoms with Crippen molar-refractivity contribution in [1.29, 1.82) is 0 Å². The molecule has 1 saturated heterocycles. The van der Waals surface area contributed by atoms with E-state index in [-0.39, 0.29) is 24.0 Å². The number of nitrogens with zero attached hydrogens (tertiary/aromatic N) is 2. The Morgan fingerprint density at radius 2 is 2.00 bits per heavy atom. The molecular formula is C22H39IN4O. The van der Waals surface area contributed by atoms with Gasteiger partial charge in [-0.25, -0.2) is 0 Å². The zero-order valence-corrected chi connectivity index (χ0v) is 20.6. The van der Waals surface area contributed by atoms with Gasteiger partial charge in [-0.2, -0.15) is 0 Å². The number of ether oxygens (including phenoxy) is 1. The molecule has 2 N–H and O–H groups in total. The van der Waals surface area contributed by atoms with E-state index in [0.29, 0.717) is 6.04 Å². The molecule has 0 atom stereocenters. The van der Waals surface area contributed by atoms with Crippen molar-refractivity contribution in [3.63, 3.8) is 0 Å². The molecule has 1 aromatic carbocycles. The molecule has 1 fully saturated rings. The minimum Gasteiger partial charge on any atom is -0.496 e. The maximum absolute atomic E-state index is 5.42. The first kappa shape index (κ1) is 25.0. The van der Waals surface area contributed by atoms with E-state index < -0.39 is 0 Å².